The number of benzene rings is 1. The summed E-state index contributed by atoms with van der Waals surface area (Å²) in [5, 5.41) is 12.1. The summed E-state index contributed by atoms with van der Waals surface area (Å²) in [6, 6.07) is 10.2. The Hall–Kier alpha value is -1.82. The van der Waals surface area contributed by atoms with Gasteiger partial charge in [0.1, 0.15) is 5.82 Å². The van der Waals surface area contributed by atoms with Crippen LogP contribution in [0.25, 0.3) is 5.69 Å². The second-order valence-electron chi connectivity index (χ2n) is 5.07. The van der Waals surface area contributed by atoms with Gasteiger partial charge in [0.05, 0.1) is 5.75 Å². The minimum Gasteiger partial charge on any atom is -0.353 e. The molecule has 1 aromatic carbocycles. The number of carbonyl (C=O) groups is 1. The normalized spacial score (nSPS) is 10.9. The van der Waals surface area contributed by atoms with Crippen molar-refractivity contribution < 1.29 is 4.79 Å². The Morgan fingerprint density at radius 2 is 1.91 bits per heavy atom. The number of hydrogen-bond donors (Lipinski definition) is 1. The van der Waals surface area contributed by atoms with Crippen molar-refractivity contribution in [3.63, 3.8) is 0 Å². The van der Waals surface area contributed by atoms with Crippen LogP contribution >= 0.6 is 11.8 Å². The van der Waals surface area contributed by atoms with Gasteiger partial charge in [0.2, 0.25) is 5.91 Å². The summed E-state index contributed by atoms with van der Waals surface area (Å²) in [6.45, 7) is 6.07. The lowest BCUT2D eigenvalue weighted by Crippen LogP contribution is -2.35. The highest BCUT2D eigenvalue weighted by Crippen LogP contribution is 2.21. The number of hydrogen-bond acceptors (Lipinski definition) is 4. The van der Waals surface area contributed by atoms with Crippen LogP contribution in [-0.2, 0) is 4.79 Å². The van der Waals surface area contributed by atoms with Crippen LogP contribution in [0, 0.1) is 6.92 Å². The van der Waals surface area contributed by atoms with E-state index >= 15 is 0 Å². The molecule has 0 aliphatic heterocycles. The maximum absolute atomic E-state index is 12.0. The molecule has 0 spiro atoms. The summed E-state index contributed by atoms with van der Waals surface area (Å²) in [6.07, 6.45) is 1.90. The monoisotopic (exact) mass is 318 g/mol. The Kier molecular flexibility index (Phi) is 6.00. The van der Waals surface area contributed by atoms with Gasteiger partial charge in [-0.15, -0.1) is 10.2 Å². The van der Waals surface area contributed by atoms with Gasteiger partial charge in [-0.05, 0) is 31.9 Å². The molecule has 0 unspecified atom stereocenters. The summed E-state index contributed by atoms with van der Waals surface area (Å²) >= 11 is 1.41. The topological polar surface area (TPSA) is 59.8 Å². The highest BCUT2D eigenvalue weighted by molar-refractivity contribution is 7.99. The van der Waals surface area contributed by atoms with Crippen molar-refractivity contribution in [3.05, 3.63) is 36.2 Å². The van der Waals surface area contributed by atoms with E-state index in [1.165, 1.54) is 11.8 Å². The third kappa shape index (κ3) is 4.10. The lowest BCUT2D eigenvalue weighted by Gasteiger charge is -2.14. The largest absolute Gasteiger partial charge is 0.353 e. The number of thioether (sulfide) groups is 1. The quantitative estimate of drug-likeness (QED) is 0.797. The molecular weight excluding hydrogens is 296 g/mol. The minimum absolute atomic E-state index is 0.0407. The molecule has 1 heterocycles. The van der Waals surface area contributed by atoms with Crippen molar-refractivity contribution in [3.8, 4) is 5.69 Å². The van der Waals surface area contributed by atoms with Gasteiger partial charge in [0, 0.05) is 11.7 Å². The van der Waals surface area contributed by atoms with Crippen molar-refractivity contribution in [2.45, 2.75) is 44.8 Å². The van der Waals surface area contributed by atoms with Crippen LogP contribution < -0.4 is 5.32 Å². The van der Waals surface area contributed by atoms with Crippen LogP contribution in [0.5, 0.6) is 0 Å². The molecule has 6 heteroatoms. The van der Waals surface area contributed by atoms with E-state index in [9.17, 15) is 4.79 Å². The Bertz CT molecular complexity index is 608. The number of carbonyl (C=O) groups excluding carboxylic acids is 1. The molecule has 0 saturated carbocycles. The maximum Gasteiger partial charge on any atom is 0.230 e. The second kappa shape index (κ2) is 7.98. The molecule has 118 valence electrons. The number of nitrogens with one attached hydrogen (secondary N) is 1. The first-order valence-corrected chi connectivity index (χ1v) is 8.53. The van der Waals surface area contributed by atoms with Crippen LogP contribution in [0.1, 0.15) is 32.5 Å². The predicted octanol–water partition coefficient (Wildman–Crippen LogP) is 2.97. The van der Waals surface area contributed by atoms with Crippen LogP contribution in [0.15, 0.2) is 35.5 Å². The van der Waals surface area contributed by atoms with E-state index in [-0.39, 0.29) is 11.9 Å². The maximum atomic E-state index is 12.0. The van der Waals surface area contributed by atoms with Gasteiger partial charge < -0.3 is 5.32 Å². The summed E-state index contributed by atoms with van der Waals surface area (Å²) in [7, 11) is 0. The Labute approximate surface area is 135 Å². The van der Waals surface area contributed by atoms with E-state index in [1.54, 1.807) is 0 Å². The highest BCUT2D eigenvalue weighted by Gasteiger charge is 2.14. The molecule has 0 fully saturated rings. The van der Waals surface area contributed by atoms with Gasteiger partial charge in [0.25, 0.3) is 0 Å². The molecule has 0 aliphatic rings. The molecule has 5 nitrogen and oxygen atoms in total. The molecule has 1 amide bonds. The van der Waals surface area contributed by atoms with Gasteiger partial charge in [0.15, 0.2) is 5.16 Å². The fraction of sp³-hybridized carbons (Fsp3) is 0.438. The lowest BCUT2D eigenvalue weighted by atomic mass is 10.2. The van der Waals surface area contributed by atoms with Crippen molar-refractivity contribution in [2.24, 2.45) is 0 Å². The zero-order valence-corrected chi connectivity index (χ0v) is 14.1. The number of rotatable bonds is 7. The summed E-state index contributed by atoms with van der Waals surface area (Å²) < 4.78 is 1.97. The van der Waals surface area contributed by atoms with Crippen molar-refractivity contribution in [1.29, 1.82) is 0 Å². The van der Waals surface area contributed by atoms with Gasteiger partial charge in [-0.1, -0.05) is 43.8 Å². The number of aryl methyl sites for hydroxylation is 1. The van der Waals surface area contributed by atoms with Crippen molar-refractivity contribution >= 4 is 17.7 Å². The third-order valence-corrected chi connectivity index (χ3v) is 4.42. The van der Waals surface area contributed by atoms with E-state index in [4.69, 9.17) is 0 Å². The third-order valence-electron chi connectivity index (χ3n) is 3.49. The highest BCUT2D eigenvalue weighted by atomic mass is 32.2. The van der Waals surface area contributed by atoms with Crippen molar-refractivity contribution in [1.82, 2.24) is 20.1 Å². The molecule has 1 aromatic heterocycles. The molecule has 2 aromatic rings. The van der Waals surface area contributed by atoms with Gasteiger partial charge in [-0.2, -0.15) is 0 Å². The molecule has 22 heavy (non-hydrogen) atoms. The molecule has 0 saturated heterocycles. The molecule has 2 rings (SSSR count). The van der Waals surface area contributed by atoms with Gasteiger partial charge in [-0.25, -0.2) is 0 Å². The average Bonchev–Trinajstić information content (AvgIpc) is 2.92. The van der Waals surface area contributed by atoms with E-state index in [0.717, 1.165) is 29.5 Å². The Balaban J connectivity index is 2.04. The van der Waals surface area contributed by atoms with Crippen LogP contribution in [0.2, 0.25) is 0 Å². The number of nitrogens with zero attached hydrogens (tertiary/aromatic N) is 3. The fourth-order valence-electron chi connectivity index (χ4n) is 2.20. The van der Waals surface area contributed by atoms with Crippen LogP contribution in [-0.4, -0.2) is 32.5 Å². The fourth-order valence-corrected chi connectivity index (χ4v) is 3.01. The average molecular weight is 318 g/mol. The number of para-hydroxylation sites is 1. The summed E-state index contributed by atoms with van der Waals surface area (Å²) in [5.74, 6) is 1.20. The SMILES string of the molecule is CCC(CC)NC(=O)CSc1nnc(C)n1-c1ccccc1. The molecular formula is C16H22N4OS. The molecule has 0 bridgehead atoms. The zero-order valence-electron chi connectivity index (χ0n) is 13.2. The van der Waals surface area contributed by atoms with E-state index < -0.39 is 0 Å². The predicted molar refractivity (Wildman–Crippen MR) is 89.3 cm³/mol. The van der Waals surface area contributed by atoms with E-state index in [2.05, 4.69) is 29.4 Å². The van der Waals surface area contributed by atoms with E-state index in [0.29, 0.717) is 5.75 Å². The number of aromatic nitrogens is 3. The summed E-state index contributed by atoms with van der Waals surface area (Å²) in [5.41, 5.74) is 1.01. The second-order valence-corrected chi connectivity index (χ2v) is 6.01. The van der Waals surface area contributed by atoms with Gasteiger partial charge in [-0.3, -0.25) is 9.36 Å². The minimum atomic E-state index is 0.0407. The summed E-state index contributed by atoms with van der Waals surface area (Å²) in [4.78, 5) is 12.0. The number of amides is 1. The van der Waals surface area contributed by atoms with Crippen LogP contribution in [0.3, 0.4) is 0 Å². The molecule has 0 aliphatic carbocycles. The Morgan fingerprint density at radius 3 is 2.55 bits per heavy atom. The van der Waals surface area contributed by atoms with Gasteiger partial charge >= 0.3 is 0 Å². The Morgan fingerprint density at radius 1 is 1.23 bits per heavy atom. The molecule has 0 atom stereocenters. The first-order chi connectivity index (χ1) is 10.7. The smallest absolute Gasteiger partial charge is 0.230 e. The first-order valence-electron chi connectivity index (χ1n) is 7.55. The molecule has 0 radical (unpaired) electrons. The lowest BCUT2D eigenvalue weighted by molar-refractivity contribution is -0.119. The van der Waals surface area contributed by atoms with Crippen molar-refractivity contribution in [2.75, 3.05) is 5.75 Å². The molecule has 1 N–H and O–H groups in total. The standard InChI is InChI=1S/C16H22N4OS/c1-4-13(5-2)17-15(21)11-22-16-19-18-12(3)20(16)14-9-7-6-8-10-14/h6-10,13H,4-5,11H2,1-3H3,(H,17,21). The van der Waals surface area contributed by atoms with Crippen LogP contribution in [0.4, 0.5) is 0 Å². The van der Waals surface area contributed by atoms with E-state index in [1.807, 2.05) is 41.8 Å². The zero-order chi connectivity index (χ0) is 15.9. The first kappa shape index (κ1) is 16.5.